The van der Waals surface area contributed by atoms with Gasteiger partial charge in [0, 0.05) is 24.2 Å². The van der Waals surface area contributed by atoms with Gasteiger partial charge in [-0.15, -0.1) is 0 Å². The number of hydrogen-bond acceptors (Lipinski definition) is 2. The number of nitrogens with zero attached hydrogens (tertiary/aromatic N) is 1. The Kier molecular flexibility index (Phi) is 4.33. The molecule has 0 heterocycles. The molecule has 0 spiro atoms. The van der Waals surface area contributed by atoms with Crippen molar-refractivity contribution in [2.45, 2.75) is 20.0 Å². The molecule has 1 aromatic carbocycles. The van der Waals surface area contributed by atoms with Crippen LogP contribution in [0.1, 0.15) is 22.8 Å². The van der Waals surface area contributed by atoms with E-state index in [1.165, 1.54) is 4.90 Å². The molecule has 0 aliphatic carbocycles. The van der Waals surface area contributed by atoms with Gasteiger partial charge in [0.2, 0.25) is 0 Å². The summed E-state index contributed by atoms with van der Waals surface area (Å²) >= 11 is 5.85. The van der Waals surface area contributed by atoms with E-state index in [0.29, 0.717) is 17.1 Å². The number of rotatable bonds is 3. The monoisotopic (exact) mass is 241 g/mol. The number of aliphatic hydroxyl groups excluding tert-OH is 1. The third-order valence-corrected chi connectivity index (χ3v) is 2.55. The molecule has 88 valence electrons. The summed E-state index contributed by atoms with van der Waals surface area (Å²) in [5.74, 6) is -0.124. The molecule has 0 saturated heterocycles. The van der Waals surface area contributed by atoms with E-state index in [0.717, 1.165) is 5.56 Å². The molecule has 3 nitrogen and oxygen atoms in total. The van der Waals surface area contributed by atoms with Gasteiger partial charge in [-0.05, 0) is 31.5 Å². The summed E-state index contributed by atoms with van der Waals surface area (Å²) in [5.41, 5.74) is 1.46. The molecule has 1 N–H and O–H groups in total. The summed E-state index contributed by atoms with van der Waals surface area (Å²) in [7, 11) is 1.66. The van der Waals surface area contributed by atoms with Gasteiger partial charge in [-0.25, -0.2) is 0 Å². The number of benzene rings is 1. The van der Waals surface area contributed by atoms with Crippen LogP contribution < -0.4 is 0 Å². The molecule has 4 heteroatoms. The minimum absolute atomic E-state index is 0.124. The first-order chi connectivity index (χ1) is 7.41. The van der Waals surface area contributed by atoms with Gasteiger partial charge in [0.15, 0.2) is 0 Å². The van der Waals surface area contributed by atoms with Gasteiger partial charge < -0.3 is 10.0 Å². The summed E-state index contributed by atoms with van der Waals surface area (Å²) in [6.07, 6.45) is -0.534. The second-order valence-electron chi connectivity index (χ2n) is 3.99. The number of aryl methyl sites for hydroxylation is 1. The highest BCUT2D eigenvalue weighted by molar-refractivity contribution is 6.31. The van der Waals surface area contributed by atoms with Crippen molar-refractivity contribution in [1.29, 1.82) is 0 Å². The van der Waals surface area contributed by atoms with Crippen molar-refractivity contribution in [1.82, 2.24) is 4.90 Å². The van der Waals surface area contributed by atoms with E-state index in [1.807, 2.05) is 13.0 Å². The molecule has 0 saturated carbocycles. The second kappa shape index (κ2) is 5.32. The fraction of sp³-hybridized carbons (Fsp3) is 0.417. The average Bonchev–Trinajstić information content (AvgIpc) is 2.19. The van der Waals surface area contributed by atoms with Gasteiger partial charge in [0.1, 0.15) is 0 Å². The van der Waals surface area contributed by atoms with Crippen molar-refractivity contribution in [3.63, 3.8) is 0 Å². The molecule has 1 aromatic rings. The standard InChI is InChI=1S/C12H16ClNO2/c1-8-4-5-10(13)6-11(8)12(16)14(3)7-9(2)15/h4-6,9,15H,7H2,1-3H3. The molecule has 0 fully saturated rings. The highest BCUT2D eigenvalue weighted by Gasteiger charge is 2.15. The van der Waals surface area contributed by atoms with Crippen LogP contribution in [0, 0.1) is 6.92 Å². The molecule has 1 amide bonds. The smallest absolute Gasteiger partial charge is 0.254 e. The zero-order chi connectivity index (χ0) is 12.3. The van der Waals surface area contributed by atoms with Crippen molar-refractivity contribution < 1.29 is 9.90 Å². The van der Waals surface area contributed by atoms with Gasteiger partial charge >= 0.3 is 0 Å². The van der Waals surface area contributed by atoms with Crippen molar-refractivity contribution >= 4 is 17.5 Å². The number of likely N-dealkylation sites (N-methyl/N-ethyl adjacent to an activating group) is 1. The fourth-order valence-electron chi connectivity index (χ4n) is 1.51. The maximum Gasteiger partial charge on any atom is 0.254 e. The Balaban J connectivity index is 2.91. The highest BCUT2D eigenvalue weighted by Crippen LogP contribution is 2.16. The van der Waals surface area contributed by atoms with Crippen molar-refractivity contribution in [3.8, 4) is 0 Å². The Bertz CT molecular complexity index is 391. The lowest BCUT2D eigenvalue weighted by atomic mass is 10.1. The van der Waals surface area contributed by atoms with Crippen LogP contribution >= 0.6 is 11.6 Å². The van der Waals surface area contributed by atoms with Crippen LogP contribution in [-0.2, 0) is 0 Å². The molecule has 0 radical (unpaired) electrons. The molecule has 0 bridgehead atoms. The van der Waals surface area contributed by atoms with Crippen LogP contribution in [0.25, 0.3) is 0 Å². The zero-order valence-corrected chi connectivity index (χ0v) is 10.5. The Morgan fingerprint density at radius 2 is 2.19 bits per heavy atom. The Hall–Kier alpha value is -1.06. The Morgan fingerprint density at radius 3 is 2.75 bits per heavy atom. The van der Waals surface area contributed by atoms with Crippen LogP contribution in [0.4, 0.5) is 0 Å². The Morgan fingerprint density at radius 1 is 1.56 bits per heavy atom. The predicted octanol–water partition coefficient (Wildman–Crippen LogP) is 2.10. The van der Waals surface area contributed by atoms with E-state index in [1.54, 1.807) is 26.1 Å². The first kappa shape index (κ1) is 13.0. The number of carbonyl (C=O) groups is 1. The molecular weight excluding hydrogens is 226 g/mol. The van der Waals surface area contributed by atoms with Gasteiger partial charge in [0.05, 0.1) is 6.10 Å². The molecule has 16 heavy (non-hydrogen) atoms. The maximum atomic E-state index is 12.0. The van der Waals surface area contributed by atoms with Crippen LogP contribution in [0.5, 0.6) is 0 Å². The lowest BCUT2D eigenvalue weighted by Gasteiger charge is -2.19. The van der Waals surface area contributed by atoms with E-state index < -0.39 is 6.10 Å². The highest BCUT2D eigenvalue weighted by atomic mass is 35.5. The minimum atomic E-state index is -0.534. The van der Waals surface area contributed by atoms with Gasteiger partial charge in [-0.3, -0.25) is 4.79 Å². The van der Waals surface area contributed by atoms with Crippen molar-refractivity contribution in [2.24, 2.45) is 0 Å². The number of amides is 1. The summed E-state index contributed by atoms with van der Waals surface area (Å²) in [6, 6.07) is 5.21. The summed E-state index contributed by atoms with van der Waals surface area (Å²) in [4.78, 5) is 13.5. The quantitative estimate of drug-likeness (QED) is 0.881. The normalized spacial score (nSPS) is 12.3. The van der Waals surface area contributed by atoms with Gasteiger partial charge in [-0.2, -0.15) is 0 Å². The Labute approximate surface area is 101 Å². The van der Waals surface area contributed by atoms with Crippen molar-refractivity contribution in [3.05, 3.63) is 34.3 Å². The van der Waals surface area contributed by atoms with Crippen LogP contribution in [0.15, 0.2) is 18.2 Å². The largest absolute Gasteiger partial charge is 0.392 e. The molecule has 1 rings (SSSR count). The van der Waals surface area contributed by atoms with E-state index in [4.69, 9.17) is 11.6 Å². The van der Waals surface area contributed by atoms with E-state index in [-0.39, 0.29) is 5.91 Å². The average molecular weight is 242 g/mol. The SMILES string of the molecule is Cc1ccc(Cl)cc1C(=O)N(C)CC(C)O. The van der Waals surface area contributed by atoms with E-state index >= 15 is 0 Å². The molecule has 1 atom stereocenters. The zero-order valence-electron chi connectivity index (χ0n) is 9.70. The molecule has 0 aromatic heterocycles. The van der Waals surface area contributed by atoms with E-state index in [9.17, 15) is 9.90 Å². The second-order valence-corrected chi connectivity index (χ2v) is 4.43. The van der Waals surface area contributed by atoms with Crippen molar-refractivity contribution in [2.75, 3.05) is 13.6 Å². The lowest BCUT2D eigenvalue weighted by molar-refractivity contribution is 0.0703. The van der Waals surface area contributed by atoms with Gasteiger partial charge in [-0.1, -0.05) is 17.7 Å². The number of hydrogen-bond donors (Lipinski definition) is 1. The summed E-state index contributed by atoms with van der Waals surface area (Å²) in [5, 5.41) is 9.76. The topological polar surface area (TPSA) is 40.5 Å². The third-order valence-electron chi connectivity index (χ3n) is 2.31. The summed E-state index contributed by atoms with van der Waals surface area (Å²) in [6.45, 7) is 3.82. The molecule has 0 aliphatic heterocycles. The third kappa shape index (κ3) is 3.22. The minimum Gasteiger partial charge on any atom is -0.392 e. The lowest BCUT2D eigenvalue weighted by Crippen LogP contribution is -2.33. The van der Waals surface area contributed by atoms with Crippen LogP contribution in [0.2, 0.25) is 5.02 Å². The van der Waals surface area contributed by atoms with Gasteiger partial charge in [0.25, 0.3) is 5.91 Å². The maximum absolute atomic E-state index is 12.0. The molecular formula is C12H16ClNO2. The first-order valence-electron chi connectivity index (χ1n) is 5.11. The number of carbonyl (C=O) groups excluding carboxylic acids is 1. The first-order valence-corrected chi connectivity index (χ1v) is 5.49. The molecule has 0 aliphatic rings. The molecule has 1 unspecified atom stereocenters. The number of aliphatic hydroxyl groups is 1. The van der Waals surface area contributed by atoms with Crippen LogP contribution in [0.3, 0.4) is 0 Å². The summed E-state index contributed by atoms with van der Waals surface area (Å²) < 4.78 is 0. The predicted molar refractivity (Wildman–Crippen MR) is 64.8 cm³/mol. The van der Waals surface area contributed by atoms with Crippen LogP contribution in [-0.4, -0.2) is 35.6 Å². The van der Waals surface area contributed by atoms with E-state index in [2.05, 4.69) is 0 Å². The fourth-order valence-corrected chi connectivity index (χ4v) is 1.68. The number of halogens is 1.